The molecule has 2 N–H and O–H groups in total. The van der Waals surface area contributed by atoms with Gasteiger partial charge in [0.15, 0.2) is 0 Å². The molecule has 20 heavy (non-hydrogen) atoms. The molecular formula is C16H29N3O. The average Bonchev–Trinajstić information content (AvgIpc) is 3.01. The number of carbonyl (C=O) groups excluding carboxylic acids is 1. The van der Waals surface area contributed by atoms with Gasteiger partial charge in [-0.2, -0.15) is 0 Å². The lowest BCUT2D eigenvalue weighted by Crippen LogP contribution is -2.54. The van der Waals surface area contributed by atoms with Gasteiger partial charge < -0.3 is 10.6 Å². The third-order valence-electron chi connectivity index (χ3n) is 5.60. The van der Waals surface area contributed by atoms with Crippen molar-refractivity contribution in [3.8, 4) is 0 Å². The Morgan fingerprint density at radius 2 is 1.45 bits per heavy atom. The SMILES string of the molecule is NC1CCCCC1C(=O)N1CCN(C2CCCC2)CC1. The maximum Gasteiger partial charge on any atom is 0.227 e. The monoisotopic (exact) mass is 279 g/mol. The van der Waals surface area contributed by atoms with Crippen LogP contribution in [0.25, 0.3) is 0 Å². The molecule has 3 aliphatic rings. The van der Waals surface area contributed by atoms with Crippen molar-refractivity contribution in [3.63, 3.8) is 0 Å². The maximum absolute atomic E-state index is 12.6. The lowest BCUT2D eigenvalue weighted by Gasteiger charge is -2.40. The Kier molecular flexibility index (Phi) is 4.61. The zero-order chi connectivity index (χ0) is 13.9. The van der Waals surface area contributed by atoms with Crippen LogP contribution in [0, 0.1) is 5.92 Å². The highest BCUT2D eigenvalue weighted by molar-refractivity contribution is 5.79. The molecule has 2 saturated carbocycles. The summed E-state index contributed by atoms with van der Waals surface area (Å²) in [5, 5.41) is 0. The van der Waals surface area contributed by atoms with Crippen molar-refractivity contribution < 1.29 is 4.79 Å². The minimum absolute atomic E-state index is 0.0989. The van der Waals surface area contributed by atoms with E-state index >= 15 is 0 Å². The predicted octanol–water partition coefficient (Wildman–Crippen LogP) is 1.59. The lowest BCUT2D eigenvalue weighted by atomic mass is 9.84. The van der Waals surface area contributed by atoms with Gasteiger partial charge in [-0.05, 0) is 25.7 Å². The highest BCUT2D eigenvalue weighted by Crippen LogP contribution is 2.27. The van der Waals surface area contributed by atoms with Crippen LogP contribution in [0.4, 0.5) is 0 Å². The molecule has 4 heteroatoms. The first-order valence-corrected chi connectivity index (χ1v) is 8.54. The summed E-state index contributed by atoms with van der Waals surface area (Å²) >= 11 is 0. The summed E-state index contributed by atoms with van der Waals surface area (Å²) in [6.07, 6.45) is 9.90. The number of amides is 1. The minimum Gasteiger partial charge on any atom is -0.340 e. The number of nitrogens with two attached hydrogens (primary N) is 1. The van der Waals surface area contributed by atoms with E-state index in [-0.39, 0.29) is 12.0 Å². The van der Waals surface area contributed by atoms with Gasteiger partial charge in [0.25, 0.3) is 0 Å². The van der Waals surface area contributed by atoms with Crippen molar-refractivity contribution in [2.24, 2.45) is 11.7 Å². The minimum atomic E-state index is 0.0989. The quantitative estimate of drug-likeness (QED) is 0.835. The molecule has 4 nitrogen and oxygen atoms in total. The van der Waals surface area contributed by atoms with Crippen LogP contribution < -0.4 is 5.73 Å². The van der Waals surface area contributed by atoms with Gasteiger partial charge in [-0.3, -0.25) is 9.69 Å². The summed E-state index contributed by atoms with van der Waals surface area (Å²) in [6.45, 7) is 3.97. The molecule has 1 aliphatic heterocycles. The van der Waals surface area contributed by atoms with Gasteiger partial charge in [-0.15, -0.1) is 0 Å². The molecule has 2 atom stereocenters. The zero-order valence-electron chi connectivity index (χ0n) is 12.6. The van der Waals surface area contributed by atoms with Gasteiger partial charge >= 0.3 is 0 Å². The molecule has 1 saturated heterocycles. The van der Waals surface area contributed by atoms with Gasteiger partial charge in [0.05, 0.1) is 5.92 Å². The Balaban J connectivity index is 1.50. The van der Waals surface area contributed by atoms with Crippen molar-refractivity contribution in [3.05, 3.63) is 0 Å². The summed E-state index contributed by atoms with van der Waals surface area (Å²) in [7, 11) is 0. The number of rotatable bonds is 2. The van der Waals surface area contributed by atoms with E-state index in [1.807, 2.05) is 0 Å². The maximum atomic E-state index is 12.6. The summed E-state index contributed by atoms with van der Waals surface area (Å²) in [5.74, 6) is 0.435. The molecule has 114 valence electrons. The molecule has 3 rings (SSSR count). The predicted molar refractivity (Wildman–Crippen MR) is 80.3 cm³/mol. The van der Waals surface area contributed by atoms with Gasteiger partial charge in [0.2, 0.25) is 5.91 Å². The summed E-state index contributed by atoms with van der Waals surface area (Å²) < 4.78 is 0. The third kappa shape index (κ3) is 3.01. The summed E-state index contributed by atoms with van der Waals surface area (Å²) in [4.78, 5) is 17.3. The molecule has 0 spiro atoms. The number of carbonyl (C=O) groups is 1. The fourth-order valence-corrected chi connectivity index (χ4v) is 4.28. The highest BCUT2D eigenvalue weighted by Gasteiger charge is 2.34. The molecule has 0 aromatic carbocycles. The first-order chi connectivity index (χ1) is 9.75. The molecule has 1 amide bonds. The zero-order valence-corrected chi connectivity index (χ0v) is 12.6. The highest BCUT2D eigenvalue weighted by atomic mass is 16.2. The largest absolute Gasteiger partial charge is 0.340 e. The Morgan fingerprint density at radius 3 is 2.10 bits per heavy atom. The molecular weight excluding hydrogens is 250 g/mol. The summed E-state index contributed by atoms with van der Waals surface area (Å²) in [5.41, 5.74) is 6.16. The molecule has 2 aliphatic carbocycles. The molecule has 0 bridgehead atoms. The third-order valence-corrected chi connectivity index (χ3v) is 5.60. The van der Waals surface area contributed by atoms with E-state index in [1.54, 1.807) is 0 Å². The van der Waals surface area contributed by atoms with Crippen LogP contribution in [-0.4, -0.2) is 54.0 Å². The number of hydrogen-bond acceptors (Lipinski definition) is 3. The first kappa shape index (κ1) is 14.3. The fraction of sp³-hybridized carbons (Fsp3) is 0.938. The van der Waals surface area contributed by atoms with Crippen molar-refractivity contribution in [1.82, 2.24) is 9.80 Å². The van der Waals surface area contributed by atoms with Crippen LogP contribution in [-0.2, 0) is 4.79 Å². The van der Waals surface area contributed by atoms with E-state index in [1.165, 1.54) is 38.5 Å². The second kappa shape index (κ2) is 6.44. The Labute approximate surface area is 122 Å². The van der Waals surface area contributed by atoms with E-state index < -0.39 is 0 Å². The second-order valence-corrected chi connectivity index (χ2v) is 6.85. The van der Waals surface area contributed by atoms with Gasteiger partial charge in [0, 0.05) is 38.3 Å². The average molecular weight is 279 g/mol. The standard InChI is InChI=1S/C16H29N3O/c17-15-8-4-3-7-14(15)16(20)19-11-9-18(10-12-19)13-5-1-2-6-13/h13-15H,1-12,17H2. The van der Waals surface area contributed by atoms with Crippen molar-refractivity contribution in [1.29, 1.82) is 0 Å². The van der Waals surface area contributed by atoms with Gasteiger partial charge in [-0.25, -0.2) is 0 Å². The van der Waals surface area contributed by atoms with Gasteiger partial charge in [-0.1, -0.05) is 25.7 Å². The Hall–Kier alpha value is -0.610. The molecule has 1 heterocycles. The van der Waals surface area contributed by atoms with Crippen LogP contribution in [0.2, 0.25) is 0 Å². The van der Waals surface area contributed by atoms with Crippen LogP contribution in [0.15, 0.2) is 0 Å². The molecule has 2 unspecified atom stereocenters. The van der Waals surface area contributed by atoms with Crippen LogP contribution >= 0.6 is 0 Å². The number of piperazine rings is 1. The Morgan fingerprint density at radius 1 is 0.850 bits per heavy atom. The topological polar surface area (TPSA) is 49.6 Å². The smallest absolute Gasteiger partial charge is 0.227 e. The van der Waals surface area contributed by atoms with Crippen LogP contribution in [0.5, 0.6) is 0 Å². The number of hydrogen-bond donors (Lipinski definition) is 1. The Bertz CT molecular complexity index is 333. The second-order valence-electron chi connectivity index (χ2n) is 6.85. The number of nitrogens with zero attached hydrogens (tertiary/aromatic N) is 2. The van der Waals surface area contributed by atoms with E-state index in [2.05, 4.69) is 9.80 Å². The van der Waals surface area contributed by atoms with E-state index in [4.69, 9.17) is 5.73 Å². The van der Waals surface area contributed by atoms with Crippen LogP contribution in [0.3, 0.4) is 0 Å². The molecule has 0 aromatic rings. The van der Waals surface area contributed by atoms with Crippen molar-refractivity contribution >= 4 is 5.91 Å². The van der Waals surface area contributed by atoms with Gasteiger partial charge in [0.1, 0.15) is 0 Å². The van der Waals surface area contributed by atoms with Crippen LogP contribution in [0.1, 0.15) is 51.4 Å². The molecule has 0 radical (unpaired) electrons. The van der Waals surface area contributed by atoms with Crippen molar-refractivity contribution in [2.75, 3.05) is 26.2 Å². The molecule has 3 fully saturated rings. The lowest BCUT2D eigenvalue weighted by molar-refractivity contribution is -0.139. The molecule has 0 aromatic heterocycles. The van der Waals surface area contributed by atoms with E-state index in [9.17, 15) is 4.79 Å². The summed E-state index contributed by atoms with van der Waals surface area (Å²) in [6, 6.07) is 0.897. The first-order valence-electron chi connectivity index (χ1n) is 8.54. The van der Waals surface area contributed by atoms with E-state index in [0.717, 1.165) is 45.1 Å². The fourth-order valence-electron chi connectivity index (χ4n) is 4.28. The van der Waals surface area contributed by atoms with E-state index in [0.29, 0.717) is 5.91 Å². The normalized spacial score (nSPS) is 33.5. The van der Waals surface area contributed by atoms with Crippen molar-refractivity contribution in [2.45, 2.75) is 63.5 Å².